The zero-order valence-corrected chi connectivity index (χ0v) is 14.2. The van der Waals surface area contributed by atoms with Crippen LogP contribution in [0.4, 0.5) is 0 Å². The van der Waals surface area contributed by atoms with Crippen molar-refractivity contribution in [1.29, 1.82) is 0 Å². The van der Waals surface area contributed by atoms with Crippen LogP contribution < -0.4 is 0 Å². The van der Waals surface area contributed by atoms with Crippen molar-refractivity contribution in [3.8, 4) is 11.1 Å². The summed E-state index contributed by atoms with van der Waals surface area (Å²) in [7, 11) is -0.611. The van der Waals surface area contributed by atoms with Crippen molar-refractivity contribution in [2.45, 2.75) is 13.8 Å². The number of ether oxygens (including phenoxy) is 1. The molecule has 0 aliphatic heterocycles. The van der Waals surface area contributed by atoms with Crippen LogP contribution in [0.15, 0.2) is 60.7 Å². The molecule has 0 fully saturated rings. The van der Waals surface area contributed by atoms with E-state index in [1.165, 1.54) is 11.1 Å². The monoisotopic (exact) mass is 306 g/mol. The second kappa shape index (κ2) is 13.5. The van der Waals surface area contributed by atoms with Crippen molar-refractivity contribution < 1.29 is 8.95 Å². The van der Waals surface area contributed by atoms with Gasteiger partial charge >= 0.3 is 0 Å². The molecule has 0 aliphatic rings. The smallest absolute Gasteiger partial charge is 0.0437 e. The van der Waals surface area contributed by atoms with Gasteiger partial charge in [0.15, 0.2) is 0 Å². The summed E-state index contributed by atoms with van der Waals surface area (Å²) in [5.74, 6) is 0. The Morgan fingerprint density at radius 2 is 1.05 bits per heavy atom. The third-order valence-corrected chi connectivity index (χ3v) is 2.29. The second-order valence-electron chi connectivity index (χ2n) is 4.26. The van der Waals surface area contributed by atoms with Crippen molar-refractivity contribution in [2.24, 2.45) is 0 Å². The highest BCUT2D eigenvalue weighted by molar-refractivity contribution is 7.83. The van der Waals surface area contributed by atoms with E-state index >= 15 is 0 Å². The molecule has 116 valence electrons. The van der Waals surface area contributed by atoms with Gasteiger partial charge in [0.25, 0.3) is 0 Å². The number of hydrogen-bond donors (Lipinski definition) is 0. The van der Waals surface area contributed by atoms with E-state index in [1.807, 2.05) is 26.0 Å². The SMILES string of the molecule is CCOCC.CS(C)=O.c1ccc(-c2ccccc2)cc1. The van der Waals surface area contributed by atoms with Crippen LogP contribution in [0.1, 0.15) is 13.8 Å². The highest BCUT2D eigenvalue weighted by Crippen LogP contribution is 2.17. The lowest BCUT2D eigenvalue weighted by molar-refractivity contribution is 0.162. The summed E-state index contributed by atoms with van der Waals surface area (Å²) < 4.78 is 14.4. The molecule has 0 saturated heterocycles. The molecule has 0 saturated carbocycles. The summed E-state index contributed by atoms with van der Waals surface area (Å²) in [6, 6.07) is 20.8. The Kier molecular flexibility index (Phi) is 12.6. The first-order valence-corrected chi connectivity index (χ1v) is 9.01. The van der Waals surface area contributed by atoms with Gasteiger partial charge in [0.1, 0.15) is 0 Å². The van der Waals surface area contributed by atoms with Crippen molar-refractivity contribution in [3.63, 3.8) is 0 Å². The van der Waals surface area contributed by atoms with Gasteiger partial charge in [0, 0.05) is 36.5 Å². The molecule has 21 heavy (non-hydrogen) atoms. The third kappa shape index (κ3) is 12.0. The maximum Gasteiger partial charge on any atom is 0.0437 e. The molecule has 0 spiro atoms. The van der Waals surface area contributed by atoms with Crippen LogP contribution >= 0.6 is 0 Å². The van der Waals surface area contributed by atoms with Crippen molar-refractivity contribution >= 4 is 10.8 Å². The first kappa shape index (κ1) is 19.6. The largest absolute Gasteiger partial charge is 0.382 e. The summed E-state index contributed by atoms with van der Waals surface area (Å²) in [5.41, 5.74) is 2.55. The van der Waals surface area contributed by atoms with Gasteiger partial charge in [-0.05, 0) is 25.0 Å². The van der Waals surface area contributed by atoms with E-state index in [2.05, 4.69) is 48.5 Å². The van der Waals surface area contributed by atoms with Crippen molar-refractivity contribution in [3.05, 3.63) is 60.7 Å². The first-order valence-electron chi connectivity index (χ1n) is 7.05. The average molecular weight is 306 g/mol. The maximum absolute atomic E-state index is 9.56. The highest BCUT2D eigenvalue weighted by Gasteiger charge is 1.91. The predicted octanol–water partition coefficient (Wildman–Crippen LogP) is 4.39. The molecule has 0 unspecified atom stereocenters. The van der Waals surface area contributed by atoms with Gasteiger partial charge in [-0.1, -0.05) is 60.7 Å². The topological polar surface area (TPSA) is 26.3 Å². The summed E-state index contributed by atoms with van der Waals surface area (Å²) in [5, 5.41) is 0. The minimum atomic E-state index is -0.611. The fourth-order valence-corrected chi connectivity index (χ4v) is 1.47. The van der Waals surface area contributed by atoms with Gasteiger partial charge < -0.3 is 4.74 Å². The molecule has 0 bridgehead atoms. The second-order valence-corrected chi connectivity index (χ2v) is 5.74. The van der Waals surface area contributed by atoms with Crippen LogP contribution in [-0.2, 0) is 15.5 Å². The highest BCUT2D eigenvalue weighted by atomic mass is 32.2. The fourth-order valence-electron chi connectivity index (χ4n) is 1.47. The number of hydrogen-bond acceptors (Lipinski definition) is 2. The standard InChI is InChI=1S/C12H10.C4H10O.C2H6OS/c1-3-7-11(8-4-1)12-9-5-2-6-10-12;1-3-5-4-2;1-4(2)3/h1-10H;3-4H2,1-2H3;1-2H3. The van der Waals surface area contributed by atoms with Gasteiger partial charge in [-0.15, -0.1) is 0 Å². The number of rotatable bonds is 3. The van der Waals surface area contributed by atoms with Crippen LogP contribution in [-0.4, -0.2) is 29.9 Å². The van der Waals surface area contributed by atoms with Crippen LogP contribution in [0, 0.1) is 0 Å². The molecule has 0 aromatic heterocycles. The molecule has 0 amide bonds. The summed E-state index contributed by atoms with van der Waals surface area (Å²) in [4.78, 5) is 0. The molecule has 0 aliphatic carbocycles. The van der Waals surface area contributed by atoms with Gasteiger partial charge in [-0.25, -0.2) is 0 Å². The Hall–Kier alpha value is -1.45. The Morgan fingerprint density at radius 1 is 0.762 bits per heavy atom. The van der Waals surface area contributed by atoms with E-state index in [-0.39, 0.29) is 0 Å². The lowest BCUT2D eigenvalue weighted by Crippen LogP contribution is -1.84. The molecule has 3 heteroatoms. The first-order chi connectivity index (χ1) is 10.1. The summed E-state index contributed by atoms with van der Waals surface area (Å²) in [6.45, 7) is 5.67. The normalized spacial score (nSPS) is 9.19. The Bertz CT molecular complexity index is 426. The lowest BCUT2D eigenvalue weighted by Gasteiger charge is -1.98. The average Bonchev–Trinajstić information content (AvgIpc) is 2.50. The van der Waals surface area contributed by atoms with Crippen molar-refractivity contribution in [1.82, 2.24) is 0 Å². The van der Waals surface area contributed by atoms with Gasteiger partial charge in [-0.3, -0.25) is 4.21 Å². The van der Waals surface area contributed by atoms with E-state index in [0.29, 0.717) is 0 Å². The molecule has 2 rings (SSSR count). The molecule has 2 nitrogen and oxygen atoms in total. The van der Waals surface area contributed by atoms with Crippen LogP contribution in [0.3, 0.4) is 0 Å². The van der Waals surface area contributed by atoms with E-state index in [0.717, 1.165) is 13.2 Å². The predicted molar refractivity (Wildman–Crippen MR) is 94.0 cm³/mol. The third-order valence-electron chi connectivity index (χ3n) is 2.29. The fraction of sp³-hybridized carbons (Fsp3) is 0.333. The van der Waals surface area contributed by atoms with Crippen LogP contribution in [0.5, 0.6) is 0 Å². The van der Waals surface area contributed by atoms with E-state index in [4.69, 9.17) is 4.74 Å². The molecule has 0 atom stereocenters. The minimum absolute atomic E-state index is 0.611. The molecule has 0 radical (unpaired) electrons. The Labute approximate surface area is 131 Å². The summed E-state index contributed by atoms with van der Waals surface area (Å²) in [6.07, 6.45) is 3.28. The zero-order chi connectivity index (χ0) is 15.9. The molecule has 0 N–H and O–H groups in total. The molecule has 2 aromatic rings. The van der Waals surface area contributed by atoms with E-state index in [1.54, 1.807) is 12.5 Å². The Morgan fingerprint density at radius 3 is 1.24 bits per heavy atom. The summed E-state index contributed by atoms with van der Waals surface area (Å²) >= 11 is 0. The van der Waals surface area contributed by atoms with Gasteiger partial charge in [0.2, 0.25) is 0 Å². The number of benzene rings is 2. The molecule has 2 aromatic carbocycles. The lowest BCUT2D eigenvalue weighted by atomic mass is 10.1. The van der Waals surface area contributed by atoms with Gasteiger partial charge in [-0.2, -0.15) is 0 Å². The van der Waals surface area contributed by atoms with Crippen LogP contribution in [0.25, 0.3) is 11.1 Å². The quantitative estimate of drug-likeness (QED) is 0.840. The van der Waals surface area contributed by atoms with Crippen molar-refractivity contribution in [2.75, 3.05) is 25.7 Å². The molecular weight excluding hydrogens is 280 g/mol. The molecule has 0 heterocycles. The minimum Gasteiger partial charge on any atom is -0.382 e. The van der Waals surface area contributed by atoms with Crippen LogP contribution in [0.2, 0.25) is 0 Å². The van der Waals surface area contributed by atoms with E-state index in [9.17, 15) is 4.21 Å². The molecular formula is C18H26O2S. The van der Waals surface area contributed by atoms with E-state index < -0.39 is 10.8 Å². The maximum atomic E-state index is 9.56. The Balaban J connectivity index is 0.000000374. The zero-order valence-electron chi connectivity index (χ0n) is 13.4. The van der Waals surface area contributed by atoms with Gasteiger partial charge in [0.05, 0.1) is 0 Å².